The third-order valence-corrected chi connectivity index (χ3v) is 3.06. The number of carbonyl (C=O) groups excluding carboxylic acids is 1. The van der Waals surface area contributed by atoms with Crippen molar-refractivity contribution in [2.24, 2.45) is 5.92 Å². The SMILES string of the molecule is CC(C)CCNC(=O)Cn1c(-c2ccccc2)noc1=O. The number of hydrogen-bond acceptors (Lipinski definition) is 4. The van der Waals surface area contributed by atoms with E-state index in [-0.39, 0.29) is 12.5 Å². The van der Waals surface area contributed by atoms with E-state index >= 15 is 0 Å². The summed E-state index contributed by atoms with van der Waals surface area (Å²) in [5.74, 6) is 0.0223. The van der Waals surface area contributed by atoms with Crippen molar-refractivity contribution in [1.82, 2.24) is 15.0 Å². The molecule has 0 fully saturated rings. The molecule has 1 N–H and O–H groups in total. The van der Waals surface area contributed by atoms with Crippen molar-refractivity contribution in [2.75, 3.05) is 6.54 Å². The Labute approximate surface area is 122 Å². The van der Waals surface area contributed by atoms with Crippen molar-refractivity contribution in [2.45, 2.75) is 26.8 Å². The molecule has 0 spiro atoms. The van der Waals surface area contributed by atoms with E-state index in [4.69, 9.17) is 0 Å². The molecular weight excluding hydrogens is 270 g/mol. The van der Waals surface area contributed by atoms with Crippen molar-refractivity contribution in [3.63, 3.8) is 0 Å². The summed E-state index contributed by atoms with van der Waals surface area (Å²) in [6, 6.07) is 9.16. The molecule has 0 saturated heterocycles. The average Bonchev–Trinajstić information content (AvgIpc) is 2.81. The second kappa shape index (κ2) is 6.88. The molecule has 1 amide bonds. The summed E-state index contributed by atoms with van der Waals surface area (Å²) in [4.78, 5) is 23.6. The summed E-state index contributed by atoms with van der Waals surface area (Å²) in [6.45, 7) is 4.68. The molecule has 0 bridgehead atoms. The summed E-state index contributed by atoms with van der Waals surface area (Å²) in [7, 11) is 0. The van der Waals surface area contributed by atoms with E-state index < -0.39 is 5.76 Å². The van der Waals surface area contributed by atoms with Gasteiger partial charge in [0.1, 0.15) is 6.54 Å². The number of hydrogen-bond donors (Lipinski definition) is 1. The number of aromatic nitrogens is 2. The van der Waals surface area contributed by atoms with Gasteiger partial charge in [-0.2, -0.15) is 0 Å². The number of carbonyl (C=O) groups is 1. The van der Waals surface area contributed by atoms with Gasteiger partial charge in [-0.25, -0.2) is 9.36 Å². The summed E-state index contributed by atoms with van der Waals surface area (Å²) in [5, 5.41) is 6.53. The first-order chi connectivity index (χ1) is 10.1. The molecule has 0 unspecified atom stereocenters. The Morgan fingerprint density at radius 2 is 2.05 bits per heavy atom. The van der Waals surface area contributed by atoms with Crippen molar-refractivity contribution in [1.29, 1.82) is 0 Å². The van der Waals surface area contributed by atoms with E-state index in [0.717, 1.165) is 12.0 Å². The lowest BCUT2D eigenvalue weighted by atomic mass is 10.1. The highest BCUT2D eigenvalue weighted by Gasteiger charge is 2.15. The van der Waals surface area contributed by atoms with Crippen LogP contribution < -0.4 is 11.1 Å². The van der Waals surface area contributed by atoms with E-state index in [1.54, 1.807) is 0 Å². The number of amides is 1. The molecule has 21 heavy (non-hydrogen) atoms. The maximum atomic E-state index is 11.9. The smallest absolute Gasteiger partial charge is 0.355 e. The van der Waals surface area contributed by atoms with Crippen molar-refractivity contribution in [3.05, 3.63) is 40.9 Å². The molecule has 0 radical (unpaired) electrons. The highest BCUT2D eigenvalue weighted by Crippen LogP contribution is 2.14. The highest BCUT2D eigenvalue weighted by molar-refractivity contribution is 5.76. The normalized spacial score (nSPS) is 10.8. The molecule has 6 nitrogen and oxygen atoms in total. The summed E-state index contributed by atoms with van der Waals surface area (Å²) >= 11 is 0. The quantitative estimate of drug-likeness (QED) is 0.877. The van der Waals surface area contributed by atoms with Crippen LogP contribution in [0.1, 0.15) is 20.3 Å². The van der Waals surface area contributed by atoms with Gasteiger partial charge in [0.25, 0.3) is 0 Å². The molecule has 2 rings (SSSR count). The monoisotopic (exact) mass is 289 g/mol. The van der Waals surface area contributed by atoms with Crippen LogP contribution in [0, 0.1) is 5.92 Å². The van der Waals surface area contributed by atoms with Gasteiger partial charge in [0.15, 0.2) is 5.82 Å². The Bertz CT molecular complexity index is 644. The predicted molar refractivity (Wildman–Crippen MR) is 78.7 cm³/mol. The third-order valence-electron chi connectivity index (χ3n) is 3.06. The lowest BCUT2D eigenvalue weighted by Gasteiger charge is -2.08. The Hall–Kier alpha value is -2.37. The van der Waals surface area contributed by atoms with Crippen LogP contribution in [-0.2, 0) is 11.3 Å². The van der Waals surface area contributed by atoms with Gasteiger partial charge in [0.2, 0.25) is 5.91 Å². The molecule has 112 valence electrons. The fourth-order valence-electron chi connectivity index (χ4n) is 1.90. The van der Waals surface area contributed by atoms with Crippen LogP contribution in [0.3, 0.4) is 0 Å². The maximum Gasteiger partial charge on any atom is 0.442 e. The zero-order valence-corrected chi connectivity index (χ0v) is 12.2. The van der Waals surface area contributed by atoms with E-state index in [1.165, 1.54) is 4.57 Å². The fourth-order valence-corrected chi connectivity index (χ4v) is 1.90. The summed E-state index contributed by atoms with van der Waals surface area (Å²) in [6.07, 6.45) is 0.899. The molecule has 6 heteroatoms. The molecule has 0 aliphatic carbocycles. The second-order valence-corrected chi connectivity index (χ2v) is 5.26. The Morgan fingerprint density at radius 3 is 2.71 bits per heavy atom. The number of nitrogens with one attached hydrogen (secondary N) is 1. The van der Waals surface area contributed by atoms with Crippen LogP contribution in [0.5, 0.6) is 0 Å². The molecular formula is C15H19N3O3. The van der Waals surface area contributed by atoms with Gasteiger partial charge in [-0.05, 0) is 12.3 Å². The summed E-state index contributed by atoms with van der Waals surface area (Å²) in [5.41, 5.74) is 0.735. The van der Waals surface area contributed by atoms with Crippen LogP contribution in [0.2, 0.25) is 0 Å². The average molecular weight is 289 g/mol. The molecule has 0 aliphatic heterocycles. The van der Waals surface area contributed by atoms with E-state index in [9.17, 15) is 9.59 Å². The zero-order valence-electron chi connectivity index (χ0n) is 12.2. The van der Waals surface area contributed by atoms with Crippen LogP contribution >= 0.6 is 0 Å². The van der Waals surface area contributed by atoms with Crippen molar-refractivity contribution >= 4 is 5.91 Å². The predicted octanol–water partition coefficient (Wildman–Crippen LogP) is 1.67. The van der Waals surface area contributed by atoms with Gasteiger partial charge < -0.3 is 5.32 Å². The molecule has 1 heterocycles. The van der Waals surface area contributed by atoms with Gasteiger partial charge in [-0.3, -0.25) is 9.32 Å². The standard InChI is InChI=1S/C15H19N3O3/c1-11(2)8-9-16-13(19)10-18-14(17-21-15(18)20)12-6-4-3-5-7-12/h3-7,11H,8-10H2,1-2H3,(H,16,19). The van der Waals surface area contributed by atoms with Gasteiger partial charge >= 0.3 is 5.76 Å². The lowest BCUT2D eigenvalue weighted by Crippen LogP contribution is -2.32. The van der Waals surface area contributed by atoms with Crippen LogP contribution in [0.15, 0.2) is 39.6 Å². The third kappa shape index (κ3) is 4.05. The van der Waals surface area contributed by atoms with Crippen LogP contribution in [0.25, 0.3) is 11.4 Å². The van der Waals surface area contributed by atoms with Gasteiger partial charge in [-0.15, -0.1) is 0 Å². The van der Waals surface area contributed by atoms with Crippen LogP contribution in [-0.4, -0.2) is 22.2 Å². The largest absolute Gasteiger partial charge is 0.442 e. The number of nitrogens with zero attached hydrogens (tertiary/aromatic N) is 2. The zero-order chi connectivity index (χ0) is 15.2. The van der Waals surface area contributed by atoms with Crippen molar-refractivity contribution < 1.29 is 9.32 Å². The number of benzene rings is 1. The van der Waals surface area contributed by atoms with Crippen LogP contribution in [0.4, 0.5) is 0 Å². The van der Waals surface area contributed by atoms with E-state index in [2.05, 4.69) is 28.8 Å². The lowest BCUT2D eigenvalue weighted by molar-refractivity contribution is -0.121. The maximum absolute atomic E-state index is 11.9. The van der Waals surface area contributed by atoms with Gasteiger partial charge in [-0.1, -0.05) is 49.3 Å². The highest BCUT2D eigenvalue weighted by atomic mass is 16.5. The Morgan fingerprint density at radius 1 is 1.33 bits per heavy atom. The first-order valence-corrected chi connectivity index (χ1v) is 6.96. The molecule has 1 aromatic carbocycles. The molecule has 0 atom stereocenters. The van der Waals surface area contributed by atoms with Gasteiger partial charge in [0, 0.05) is 12.1 Å². The number of rotatable bonds is 6. The van der Waals surface area contributed by atoms with Gasteiger partial charge in [0.05, 0.1) is 0 Å². The first kappa shape index (κ1) is 15.0. The van der Waals surface area contributed by atoms with Crippen molar-refractivity contribution in [3.8, 4) is 11.4 Å². The molecule has 1 aromatic heterocycles. The van der Waals surface area contributed by atoms with E-state index in [1.807, 2.05) is 30.3 Å². The van der Waals surface area contributed by atoms with E-state index in [0.29, 0.717) is 18.3 Å². The Kier molecular flexibility index (Phi) is 4.92. The Balaban J connectivity index is 2.09. The first-order valence-electron chi connectivity index (χ1n) is 6.96. The molecule has 2 aromatic rings. The molecule has 0 aliphatic rings. The second-order valence-electron chi connectivity index (χ2n) is 5.26. The minimum absolute atomic E-state index is 0.0926. The topological polar surface area (TPSA) is 77.1 Å². The minimum atomic E-state index is -0.632. The minimum Gasteiger partial charge on any atom is -0.355 e. The molecule has 0 saturated carbocycles. The summed E-state index contributed by atoms with van der Waals surface area (Å²) < 4.78 is 5.91. The fraction of sp³-hybridized carbons (Fsp3) is 0.400.